The van der Waals surface area contributed by atoms with Crippen LogP contribution in [0.5, 0.6) is 0 Å². The van der Waals surface area contributed by atoms with Gasteiger partial charge in [-0.3, -0.25) is 9.54 Å². The van der Waals surface area contributed by atoms with Crippen LogP contribution in [-0.4, -0.2) is 18.0 Å². The highest BCUT2D eigenvalue weighted by atomic mass is 32.2. The standard InChI is InChI=1S/C13H10N2O3S/c14-9-3-4-10-11(7-9)13-8(2-1-5-15-13)6-12(10)19(16,17)18/h1-7H,14H2,(H,16,17,18). The molecule has 0 unspecified atom stereocenters. The number of anilines is 1. The van der Waals surface area contributed by atoms with Crippen LogP contribution in [0.4, 0.5) is 5.69 Å². The molecule has 0 amide bonds. The minimum Gasteiger partial charge on any atom is -0.399 e. The Bertz CT molecular complexity index is 904. The molecular weight excluding hydrogens is 264 g/mol. The molecule has 0 bridgehead atoms. The van der Waals surface area contributed by atoms with Gasteiger partial charge in [-0.05, 0) is 24.3 Å². The quantitative estimate of drug-likeness (QED) is 0.403. The number of benzene rings is 2. The van der Waals surface area contributed by atoms with E-state index in [1.165, 1.54) is 6.07 Å². The first-order chi connectivity index (χ1) is 8.97. The Morgan fingerprint density at radius 2 is 1.89 bits per heavy atom. The van der Waals surface area contributed by atoms with Crippen molar-refractivity contribution in [3.8, 4) is 0 Å². The molecular formula is C13H10N2O3S. The van der Waals surface area contributed by atoms with Crippen LogP contribution in [0, 0.1) is 0 Å². The van der Waals surface area contributed by atoms with Gasteiger partial charge in [-0.15, -0.1) is 0 Å². The summed E-state index contributed by atoms with van der Waals surface area (Å²) in [5, 5.41) is 1.64. The van der Waals surface area contributed by atoms with E-state index in [-0.39, 0.29) is 4.90 Å². The van der Waals surface area contributed by atoms with E-state index < -0.39 is 10.1 Å². The van der Waals surface area contributed by atoms with Gasteiger partial charge in [0.2, 0.25) is 0 Å². The van der Waals surface area contributed by atoms with Gasteiger partial charge in [-0.2, -0.15) is 8.42 Å². The molecule has 0 aliphatic carbocycles. The molecule has 96 valence electrons. The minimum absolute atomic E-state index is 0.136. The molecule has 1 heterocycles. The molecule has 3 rings (SSSR count). The van der Waals surface area contributed by atoms with E-state index in [0.717, 1.165) is 0 Å². The van der Waals surface area contributed by atoms with E-state index >= 15 is 0 Å². The molecule has 0 aliphatic rings. The van der Waals surface area contributed by atoms with E-state index in [1.54, 1.807) is 36.5 Å². The second-order valence-corrected chi connectivity index (χ2v) is 5.62. The fourth-order valence-electron chi connectivity index (χ4n) is 2.16. The molecule has 6 heteroatoms. The number of nitrogens with zero attached hydrogens (tertiary/aromatic N) is 1. The third kappa shape index (κ3) is 1.91. The van der Waals surface area contributed by atoms with E-state index in [4.69, 9.17) is 5.73 Å². The Morgan fingerprint density at radius 3 is 2.63 bits per heavy atom. The van der Waals surface area contributed by atoms with Crippen molar-refractivity contribution >= 4 is 37.5 Å². The van der Waals surface area contributed by atoms with Gasteiger partial charge in [0.1, 0.15) is 4.90 Å². The van der Waals surface area contributed by atoms with Crippen LogP contribution in [0.25, 0.3) is 21.7 Å². The van der Waals surface area contributed by atoms with E-state index in [0.29, 0.717) is 27.4 Å². The number of hydrogen-bond donors (Lipinski definition) is 2. The van der Waals surface area contributed by atoms with Crippen LogP contribution in [0.3, 0.4) is 0 Å². The predicted molar refractivity (Wildman–Crippen MR) is 73.5 cm³/mol. The Kier molecular flexibility index (Phi) is 2.44. The molecule has 0 fully saturated rings. The van der Waals surface area contributed by atoms with Crippen LogP contribution in [0.1, 0.15) is 0 Å². The highest BCUT2D eigenvalue weighted by Crippen LogP contribution is 2.31. The summed E-state index contributed by atoms with van der Waals surface area (Å²) in [4.78, 5) is 4.11. The number of hydrogen-bond acceptors (Lipinski definition) is 4. The van der Waals surface area contributed by atoms with Crippen molar-refractivity contribution in [2.75, 3.05) is 5.73 Å². The average molecular weight is 274 g/mol. The summed E-state index contributed by atoms with van der Waals surface area (Å²) in [6.45, 7) is 0. The van der Waals surface area contributed by atoms with Crippen LogP contribution in [-0.2, 0) is 10.1 Å². The molecule has 3 N–H and O–H groups in total. The highest BCUT2D eigenvalue weighted by Gasteiger charge is 2.16. The van der Waals surface area contributed by atoms with Gasteiger partial charge in [-0.1, -0.05) is 12.1 Å². The zero-order valence-electron chi connectivity index (χ0n) is 9.74. The molecule has 0 spiro atoms. The first-order valence-electron chi connectivity index (χ1n) is 5.51. The first-order valence-corrected chi connectivity index (χ1v) is 6.95. The number of nitrogen functional groups attached to an aromatic ring is 1. The minimum atomic E-state index is -4.30. The normalized spacial score (nSPS) is 12.1. The number of nitrogens with two attached hydrogens (primary N) is 1. The van der Waals surface area contributed by atoms with Gasteiger partial charge in [0.25, 0.3) is 10.1 Å². The Labute approximate surface area is 109 Å². The number of rotatable bonds is 1. The van der Waals surface area contributed by atoms with Crippen LogP contribution < -0.4 is 5.73 Å². The van der Waals surface area contributed by atoms with Crippen molar-refractivity contribution < 1.29 is 13.0 Å². The average Bonchev–Trinajstić information content (AvgIpc) is 2.36. The largest absolute Gasteiger partial charge is 0.399 e. The summed E-state index contributed by atoms with van der Waals surface area (Å²) < 4.78 is 32.3. The smallest absolute Gasteiger partial charge is 0.295 e. The van der Waals surface area contributed by atoms with Crippen LogP contribution >= 0.6 is 0 Å². The molecule has 5 nitrogen and oxygen atoms in total. The maximum absolute atomic E-state index is 11.5. The van der Waals surface area contributed by atoms with Crippen molar-refractivity contribution in [1.82, 2.24) is 4.98 Å². The topological polar surface area (TPSA) is 93.3 Å². The fraction of sp³-hybridized carbons (Fsp3) is 0. The molecule has 1 aromatic heterocycles. The summed E-state index contributed by atoms with van der Waals surface area (Å²) >= 11 is 0. The summed E-state index contributed by atoms with van der Waals surface area (Å²) in [5.41, 5.74) is 6.89. The van der Waals surface area contributed by atoms with Crippen molar-refractivity contribution in [3.63, 3.8) is 0 Å². The van der Waals surface area contributed by atoms with Crippen molar-refractivity contribution in [3.05, 3.63) is 42.6 Å². The molecule has 0 radical (unpaired) electrons. The van der Waals surface area contributed by atoms with Gasteiger partial charge in [0, 0.05) is 28.0 Å². The zero-order valence-corrected chi connectivity index (χ0v) is 10.6. The molecule has 0 saturated carbocycles. The monoisotopic (exact) mass is 274 g/mol. The second kappa shape index (κ2) is 3.91. The maximum atomic E-state index is 11.5. The lowest BCUT2D eigenvalue weighted by Gasteiger charge is -2.08. The maximum Gasteiger partial charge on any atom is 0.295 e. The molecule has 0 aliphatic heterocycles. The van der Waals surface area contributed by atoms with E-state index in [2.05, 4.69) is 4.98 Å². The second-order valence-electron chi connectivity index (χ2n) is 4.23. The highest BCUT2D eigenvalue weighted by molar-refractivity contribution is 7.86. The Hall–Kier alpha value is -2.18. The lowest BCUT2D eigenvalue weighted by Crippen LogP contribution is -2.00. The van der Waals surface area contributed by atoms with Crippen LogP contribution in [0.15, 0.2) is 47.5 Å². The van der Waals surface area contributed by atoms with Gasteiger partial charge in [0.05, 0.1) is 5.52 Å². The Morgan fingerprint density at radius 1 is 1.11 bits per heavy atom. The van der Waals surface area contributed by atoms with Gasteiger partial charge < -0.3 is 5.73 Å². The summed E-state index contributed by atoms with van der Waals surface area (Å²) in [5.74, 6) is 0. The fourth-order valence-corrected chi connectivity index (χ4v) is 2.90. The Balaban J connectivity index is 2.63. The molecule has 2 aromatic carbocycles. The van der Waals surface area contributed by atoms with Crippen molar-refractivity contribution in [2.24, 2.45) is 0 Å². The summed E-state index contributed by atoms with van der Waals surface area (Å²) in [6, 6.07) is 9.66. The van der Waals surface area contributed by atoms with Crippen molar-refractivity contribution in [1.29, 1.82) is 0 Å². The number of aromatic nitrogens is 1. The summed E-state index contributed by atoms with van der Waals surface area (Å²) in [7, 11) is -4.30. The lowest BCUT2D eigenvalue weighted by atomic mass is 10.1. The summed E-state index contributed by atoms with van der Waals surface area (Å²) in [6.07, 6.45) is 1.62. The van der Waals surface area contributed by atoms with Crippen LogP contribution in [0.2, 0.25) is 0 Å². The number of pyridine rings is 1. The van der Waals surface area contributed by atoms with E-state index in [9.17, 15) is 13.0 Å². The third-order valence-corrected chi connectivity index (χ3v) is 3.86. The number of fused-ring (bicyclic) bond motifs is 3. The molecule has 3 aromatic rings. The first kappa shape index (κ1) is 11.9. The molecule has 19 heavy (non-hydrogen) atoms. The molecule has 0 saturated heterocycles. The van der Waals surface area contributed by atoms with Gasteiger partial charge in [-0.25, -0.2) is 0 Å². The zero-order chi connectivity index (χ0) is 13.6. The van der Waals surface area contributed by atoms with Gasteiger partial charge in [0.15, 0.2) is 0 Å². The predicted octanol–water partition coefficient (Wildman–Crippen LogP) is 2.22. The SMILES string of the molecule is Nc1ccc2c(S(=O)(=O)O)cc3cccnc3c2c1. The van der Waals surface area contributed by atoms with Gasteiger partial charge >= 0.3 is 0 Å². The van der Waals surface area contributed by atoms with E-state index in [1.807, 2.05) is 0 Å². The van der Waals surface area contributed by atoms with Crippen molar-refractivity contribution in [2.45, 2.75) is 4.90 Å². The third-order valence-electron chi connectivity index (χ3n) is 2.97. The lowest BCUT2D eigenvalue weighted by molar-refractivity contribution is 0.484. The molecule has 0 atom stereocenters.